The maximum Gasteiger partial charge on any atom is 0.348 e. The Morgan fingerprint density at radius 2 is 2.00 bits per heavy atom. The minimum absolute atomic E-state index is 0.208. The number of thiophene rings is 1. The Balaban J connectivity index is 2.42. The number of carboxylic acid groups (broad SMARTS) is 1. The van der Waals surface area contributed by atoms with Crippen LogP contribution >= 0.6 is 11.3 Å². The lowest BCUT2D eigenvalue weighted by atomic mass is 10.0. The molecule has 0 aliphatic heterocycles. The van der Waals surface area contributed by atoms with E-state index in [4.69, 9.17) is 10.8 Å². The van der Waals surface area contributed by atoms with Crippen LogP contribution in [0.15, 0.2) is 29.6 Å². The summed E-state index contributed by atoms with van der Waals surface area (Å²) in [7, 11) is 0. The fourth-order valence-corrected chi connectivity index (χ4v) is 2.51. The standard InChI is InChI=1S/C13H13NO2S/c1-2-8-3-5-9(6-4-8)10-7-17-12(11(10)14)13(15)16/h3-7H,2,14H2,1H3,(H,15,16). The molecular formula is C13H13NO2S. The van der Waals surface area contributed by atoms with Gasteiger partial charge < -0.3 is 10.8 Å². The lowest BCUT2D eigenvalue weighted by Crippen LogP contribution is -1.98. The van der Waals surface area contributed by atoms with Gasteiger partial charge in [0.1, 0.15) is 4.88 Å². The zero-order chi connectivity index (χ0) is 12.4. The summed E-state index contributed by atoms with van der Waals surface area (Å²) in [6.45, 7) is 2.09. The first-order valence-corrected chi connectivity index (χ1v) is 6.21. The van der Waals surface area contributed by atoms with E-state index < -0.39 is 5.97 Å². The third-order valence-corrected chi connectivity index (χ3v) is 3.68. The lowest BCUT2D eigenvalue weighted by molar-refractivity contribution is 0.0703. The van der Waals surface area contributed by atoms with Crippen LogP contribution in [0.3, 0.4) is 0 Å². The number of carbonyl (C=O) groups is 1. The molecule has 0 saturated carbocycles. The predicted molar refractivity (Wildman–Crippen MR) is 70.5 cm³/mol. The highest BCUT2D eigenvalue weighted by Crippen LogP contribution is 2.34. The number of rotatable bonds is 3. The molecular weight excluding hydrogens is 234 g/mol. The number of benzene rings is 1. The van der Waals surface area contributed by atoms with Crippen molar-refractivity contribution >= 4 is 23.0 Å². The number of hydrogen-bond donors (Lipinski definition) is 2. The van der Waals surface area contributed by atoms with Crippen LogP contribution in [-0.2, 0) is 6.42 Å². The Morgan fingerprint density at radius 1 is 1.35 bits per heavy atom. The Kier molecular flexibility index (Phi) is 3.15. The largest absolute Gasteiger partial charge is 0.477 e. The van der Waals surface area contributed by atoms with E-state index in [0.717, 1.165) is 28.9 Å². The molecule has 1 aromatic carbocycles. The number of carboxylic acids is 1. The van der Waals surface area contributed by atoms with Gasteiger partial charge in [0, 0.05) is 10.9 Å². The summed E-state index contributed by atoms with van der Waals surface area (Å²) < 4.78 is 0. The van der Waals surface area contributed by atoms with E-state index in [1.54, 1.807) is 5.38 Å². The van der Waals surface area contributed by atoms with Crippen molar-refractivity contribution in [3.05, 3.63) is 40.1 Å². The summed E-state index contributed by atoms with van der Waals surface area (Å²) >= 11 is 1.16. The number of anilines is 1. The molecule has 0 fully saturated rings. The molecule has 2 aromatic rings. The smallest absolute Gasteiger partial charge is 0.348 e. The summed E-state index contributed by atoms with van der Waals surface area (Å²) in [4.78, 5) is 11.1. The Labute approximate surface area is 104 Å². The van der Waals surface area contributed by atoms with Gasteiger partial charge in [-0.1, -0.05) is 31.2 Å². The maximum atomic E-state index is 10.9. The van der Waals surface area contributed by atoms with E-state index in [0.29, 0.717) is 5.69 Å². The van der Waals surface area contributed by atoms with Crippen molar-refractivity contribution in [2.24, 2.45) is 0 Å². The highest BCUT2D eigenvalue weighted by Gasteiger charge is 2.15. The van der Waals surface area contributed by atoms with Crippen molar-refractivity contribution in [3.8, 4) is 11.1 Å². The highest BCUT2D eigenvalue weighted by atomic mass is 32.1. The average Bonchev–Trinajstić information content (AvgIpc) is 2.71. The summed E-state index contributed by atoms with van der Waals surface area (Å²) in [5.74, 6) is -0.969. The number of nitrogens with two attached hydrogens (primary N) is 1. The molecule has 0 atom stereocenters. The number of nitrogen functional groups attached to an aromatic ring is 1. The minimum atomic E-state index is -0.969. The minimum Gasteiger partial charge on any atom is -0.477 e. The van der Waals surface area contributed by atoms with Crippen molar-refractivity contribution in [1.82, 2.24) is 0 Å². The molecule has 3 nitrogen and oxygen atoms in total. The molecule has 0 aliphatic rings. The molecule has 3 N–H and O–H groups in total. The molecule has 0 aliphatic carbocycles. The predicted octanol–water partition coefficient (Wildman–Crippen LogP) is 3.26. The zero-order valence-corrected chi connectivity index (χ0v) is 10.3. The highest BCUT2D eigenvalue weighted by molar-refractivity contribution is 7.13. The van der Waals surface area contributed by atoms with Gasteiger partial charge in [-0.25, -0.2) is 4.79 Å². The van der Waals surface area contributed by atoms with Crippen LogP contribution in [-0.4, -0.2) is 11.1 Å². The second kappa shape index (κ2) is 4.59. The van der Waals surface area contributed by atoms with Gasteiger partial charge >= 0.3 is 5.97 Å². The van der Waals surface area contributed by atoms with Crippen molar-refractivity contribution in [2.75, 3.05) is 5.73 Å². The molecule has 0 radical (unpaired) electrons. The van der Waals surface area contributed by atoms with Gasteiger partial charge in [-0.05, 0) is 17.5 Å². The number of aryl methyl sites for hydroxylation is 1. The van der Waals surface area contributed by atoms with Crippen LogP contribution in [0, 0.1) is 0 Å². The lowest BCUT2D eigenvalue weighted by Gasteiger charge is -2.02. The van der Waals surface area contributed by atoms with E-state index >= 15 is 0 Å². The van der Waals surface area contributed by atoms with Gasteiger partial charge in [-0.3, -0.25) is 0 Å². The Hall–Kier alpha value is -1.81. The Bertz CT molecular complexity index is 543. The van der Waals surface area contributed by atoms with Crippen LogP contribution in [0.5, 0.6) is 0 Å². The van der Waals surface area contributed by atoms with Gasteiger partial charge in [-0.15, -0.1) is 11.3 Å². The van der Waals surface area contributed by atoms with Gasteiger partial charge in [0.25, 0.3) is 0 Å². The Morgan fingerprint density at radius 3 is 2.47 bits per heavy atom. The molecule has 0 bridgehead atoms. The summed E-state index contributed by atoms with van der Waals surface area (Å²) in [5.41, 5.74) is 9.20. The molecule has 0 amide bonds. The number of aromatic carboxylic acids is 1. The van der Waals surface area contributed by atoms with Crippen LogP contribution in [0.2, 0.25) is 0 Å². The normalized spacial score (nSPS) is 10.4. The van der Waals surface area contributed by atoms with Gasteiger partial charge in [0.2, 0.25) is 0 Å². The molecule has 2 rings (SSSR count). The van der Waals surface area contributed by atoms with E-state index in [-0.39, 0.29) is 4.88 Å². The molecule has 88 valence electrons. The van der Waals surface area contributed by atoms with Crippen molar-refractivity contribution in [1.29, 1.82) is 0 Å². The van der Waals surface area contributed by atoms with Crippen LogP contribution < -0.4 is 5.73 Å². The zero-order valence-electron chi connectivity index (χ0n) is 9.43. The van der Waals surface area contributed by atoms with Crippen molar-refractivity contribution < 1.29 is 9.90 Å². The molecule has 1 heterocycles. The average molecular weight is 247 g/mol. The molecule has 1 aromatic heterocycles. The molecule has 4 heteroatoms. The first-order valence-electron chi connectivity index (χ1n) is 5.33. The molecule has 0 saturated heterocycles. The van der Waals surface area contributed by atoms with Crippen LogP contribution in [0.25, 0.3) is 11.1 Å². The van der Waals surface area contributed by atoms with Gasteiger partial charge in [-0.2, -0.15) is 0 Å². The molecule has 17 heavy (non-hydrogen) atoms. The summed E-state index contributed by atoms with van der Waals surface area (Å²) in [6.07, 6.45) is 0.986. The van der Waals surface area contributed by atoms with Crippen LogP contribution in [0.4, 0.5) is 5.69 Å². The van der Waals surface area contributed by atoms with E-state index in [1.165, 1.54) is 5.56 Å². The third kappa shape index (κ3) is 2.17. The fourth-order valence-electron chi connectivity index (χ4n) is 1.68. The van der Waals surface area contributed by atoms with E-state index in [1.807, 2.05) is 24.3 Å². The van der Waals surface area contributed by atoms with Crippen LogP contribution in [0.1, 0.15) is 22.2 Å². The molecule has 0 spiro atoms. The first-order chi connectivity index (χ1) is 8.13. The van der Waals surface area contributed by atoms with Crippen molar-refractivity contribution in [2.45, 2.75) is 13.3 Å². The summed E-state index contributed by atoms with van der Waals surface area (Å²) in [6, 6.07) is 8.02. The van der Waals surface area contributed by atoms with Gasteiger partial charge in [0.05, 0.1) is 5.69 Å². The van der Waals surface area contributed by atoms with Crippen molar-refractivity contribution in [3.63, 3.8) is 0 Å². The first kappa shape index (κ1) is 11.7. The SMILES string of the molecule is CCc1ccc(-c2csc(C(=O)O)c2N)cc1. The maximum absolute atomic E-state index is 10.9. The monoisotopic (exact) mass is 247 g/mol. The van der Waals surface area contributed by atoms with Gasteiger partial charge in [0.15, 0.2) is 0 Å². The number of hydrogen-bond acceptors (Lipinski definition) is 3. The fraction of sp³-hybridized carbons (Fsp3) is 0.154. The van der Waals surface area contributed by atoms with E-state index in [2.05, 4.69) is 6.92 Å². The quantitative estimate of drug-likeness (QED) is 0.875. The molecule has 0 unspecified atom stereocenters. The summed E-state index contributed by atoms with van der Waals surface area (Å²) in [5, 5.41) is 10.7. The van der Waals surface area contributed by atoms with E-state index in [9.17, 15) is 4.79 Å². The topological polar surface area (TPSA) is 63.3 Å². The third-order valence-electron chi connectivity index (χ3n) is 2.70. The second-order valence-corrected chi connectivity index (χ2v) is 4.63. The second-order valence-electron chi connectivity index (χ2n) is 3.75.